The van der Waals surface area contributed by atoms with Gasteiger partial charge in [0.05, 0.1) is 19.8 Å². The van der Waals surface area contributed by atoms with Crippen molar-refractivity contribution in [1.82, 2.24) is 0 Å². The Balaban J connectivity index is 0. The van der Waals surface area contributed by atoms with E-state index in [-0.39, 0.29) is 13.4 Å². The summed E-state index contributed by atoms with van der Waals surface area (Å²) in [6.45, 7) is 6.79. The molecule has 0 atom stereocenters. The third-order valence-electron chi connectivity index (χ3n) is 1.27. The smallest absolute Gasteiger partial charge is 0.213 e. The molecule has 0 saturated heterocycles. The number of halogens is 3. The van der Waals surface area contributed by atoms with Gasteiger partial charge in [0.25, 0.3) is 0 Å². The SMILES string of the molecule is CCOCC.COCCOCOCC(Cl)(Cl)Cl. The number of alkyl halides is 3. The van der Waals surface area contributed by atoms with Crippen LogP contribution in [0.1, 0.15) is 13.8 Å². The molecule has 0 fully saturated rings. The van der Waals surface area contributed by atoms with Crippen molar-refractivity contribution in [2.45, 2.75) is 17.6 Å². The van der Waals surface area contributed by atoms with Crippen molar-refractivity contribution >= 4 is 34.8 Å². The zero-order valence-electron chi connectivity index (χ0n) is 10.5. The predicted molar refractivity (Wildman–Crippen MR) is 71.1 cm³/mol. The van der Waals surface area contributed by atoms with Gasteiger partial charge in [0.2, 0.25) is 3.79 Å². The summed E-state index contributed by atoms with van der Waals surface area (Å²) >= 11 is 16.2. The first-order chi connectivity index (χ1) is 7.97. The van der Waals surface area contributed by atoms with Crippen LogP contribution in [0.4, 0.5) is 0 Å². The van der Waals surface area contributed by atoms with Gasteiger partial charge in [-0.15, -0.1) is 0 Å². The second kappa shape index (κ2) is 14.8. The molecule has 0 unspecified atom stereocenters. The first-order valence-electron chi connectivity index (χ1n) is 5.26. The maximum Gasteiger partial charge on any atom is 0.213 e. The van der Waals surface area contributed by atoms with E-state index in [1.807, 2.05) is 13.8 Å². The minimum absolute atomic E-state index is 0.0185. The Morgan fingerprint density at radius 2 is 1.47 bits per heavy atom. The Hall–Kier alpha value is 0.710. The number of rotatable bonds is 8. The van der Waals surface area contributed by atoms with E-state index in [2.05, 4.69) is 0 Å². The monoisotopic (exact) mass is 310 g/mol. The van der Waals surface area contributed by atoms with Crippen molar-refractivity contribution in [1.29, 1.82) is 0 Å². The quantitative estimate of drug-likeness (QED) is 0.392. The third-order valence-corrected chi connectivity index (χ3v) is 1.60. The lowest BCUT2D eigenvalue weighted by Gasteiger charge is -2.10. The number of hydrogen-bond acceptors (Lipinski definition) is 4. The van der Waals surface area contributed by atoms with Gasteiger partial charge in [-0.05, 0) is 13.8 Å². The molecule has 17 heavy (non-hydrogen) atoms. The Bertz CT molecular complexity index is 140. The normalized spacial score (nSPS) is 10.9. The molecule has 0 amide bonds. The largest absolute Gasteiger partial charge is 0.382 e. The van der Waals surface area contributed by atoms with Crippen molar-refractivity contribution < 1.29 is 18.9 Å². The second-order valence-corrected chi connectivity index (χ2v) is 5.28. The highest BCUT2D eigenvalue weighted by molar-refractivity contribution is 6.67. The lowest BCUT2D eigenvalue weighted by atomic mass is 10.8. The fraction of sp³-hybridized carbons (Fsp3) is 1.00. The van der Waals surface area contributed by atoms with E-state index in [4.69, 9.17) is 53.8 Å². The van der Waals surface area contributed by atoms with E-state index in [0.717, 1.165) is 13.2 Å². The van der Waals surface area contributed by atoms with Gasteiger partial charge in [-0.3, -0.25) is 0 Å². The molecule has 7 heteroatoms. The van der Waals surface area contributed by atoms with Gasteiger partial charge in [0.15, 0.2) is 0 Å². The number of methoxy groups -OCH3 is 1. The van der Waals surface area contributed by atoms with Crippen LogP contribution in [0.15, 0.2) is 0 Å². The number of ether oxygens (including phenoxy) is 4. The molecule has 0 saturated carbocycles. The highest BCUT2D eigenvalue weighted by Crippen LogP contribution is 2.25. The van der Waals surface area contributed by atoms with Crippen molar-refractivity contribution in [3.8, 4) is 0 Å². The average molecular weight is 312 g/mol. The fourth-order valence-corrected chi connectivity index (χ4v) is 0.853. The molecule has 0 aliphatic carbocycles. The maximum atomic E-state index is 5.40. The maximum absolute atomic E-state index is 5.40. The predicted octanol–water partition coefficient (Wildman–Crippen LogP) is 3.04. The summed E-state index contributed by atoms with van der Waals surface area (Å²) in [6, 6.07) is 0. The van der Waals surface area contributed by atoms with Gasteiger partial charge < -0.3 is 18.9 Å². The lowest BCUT2D eigenvalue weighted by molar-refractivity contribution is -0.0642. The Labute approximate surface area is 118 Å². The fourth-order valence-electron chi connectivity index (χ4n) is 0.622. The molecular formula is C10H21Cl3O4. The molecule has 0 aliphatic rings. The molecule has 0 aromatic heterocycles. The molecule has 0 N–H and O–H groups in total. The van der Waals surface area contributed by atoms with Crippen molar-refractivity contribution in [2.24, 2.45) is 0 Å². The summed E-state index contributed by atoms with van der Waals surface area (Å²) in [6.07, 6.45) is 0. The van der Waals surface area contributed by atoms with E-state index >= 15 is 0 Å². The standard InChI is InChI=1S/C6H11Cl3O3.C4H10O/c1-10-2-3-11-5-12-4-6(7,8)9;1-3-5-4-2/h2-5H2,1H3;3-4H2,1-2H3. The van der Waals surface area contributed by atoms with E-state index in [1.54, 1.807) is 7.11 Å². The molecule has 0 bridgehead atoms. The molecule has 0 aromatic carbocycles. The first kappa shape index (κ1) is 20.0. The summed E-state index contributed by atoms with van der Waals surface area (Å²) in [7, 11) is 1.59. The van der Waals surface area contributed by atoms with Crippen molar-refractivity contribution in [3.63, 3.8) is 0 Å². The van der Waals surface area contributed by atoms with Crippen LogP contribution in [-0.2, 0) is 18.9 Å². The highest BCUT2D eigenvalue weighted by atomic mass is 35.6. The van der Waals surface area contributed by atoms with Crippen LogP contribution < -0.4 is 0 Å². The van der Waals surface area contributed by atoms with Gasteiger partial charge in [-0.2, -0.15) is 0 Å². The molecule has 0 aromatic rings. The van der Waals surface area contributed by atoms with Crippen LogP contribution in [0.2, 0.25) is 0 Å². The van der Waals surface area contributed by atoms with E-state index < -0.39 is 3.79 Å². The Kier molecular flexibility index (Phi) is 17.4. The van der Waals surface area contributed by atoms with Gasteiger partial charge >= 0.3 is 0 Å². The molecule has 0 heterocycles. The summed E-state index contributed by atoms with van der Waals surface area (Å²) < 4.78 is 18.0. The van der Waals surface area contributed by atoms with Crippen LogP contribution in [-0.4, -0.2) is 50.7 Å². The summed E-state index contributed by atoms with van der Waals surface area (Å²) in [5.74, 6) is 0. The van der Waals surface area contributed by atoms with Gasteiger partial charge in [-0.25, -0.2) is 0 Å². The zero-order chi connectivity index (χ0) is 13.6. The van der Waals surface area contributed by atoms with Gasteiger partial charge in [-0.1, -0.05) is 34.8 Å². The molecule has 0 rings (SSSR count). The third kappa shape index (κ3) is 26.4. The molecule has 0 aliphatic heterocycles. The molecule has 106 valence electrons. The van der Waals surface area contributed by atoms with Crippen LogP contribution in [0.3, 0.4) is 0 Å². The topological polar surface area (TPSA) is 36.9 Å². The summed E-state index contributed by atoms with van der Waals surface area (Å²) in [5, 5.41) is 0. The van der Waals surface area contributed by atoms with E-state index in [1.165, 1.54) is 0 Å². The molecule has 0 radical (unpaired) electrons. The van der Waals surface area contributed by atoms with Gasteiger partial charge in [0.1, 0.15) is 6.79 Å². The minimum atomic E-state index is -1.37. The van der Waals surface area contributed by atoms with Gasteiger partial charge in [0, 0.05) is 20.3 Å². The molecular weight excluding hydrogens is 290 g/mol. The van der Waals surface area contributed by atoms with Crippen LogP contribution >= 0.6 is 34.8 Å². The molecule has 4 nitrogen and oxygen atoms in total. The molecule has 0 spiro atoms. The zero-order valence-corrected chi connectivity index (χ0v) is 12.8. The van der Waals surface area contributed by atoms with E-state index in [0.29, 0.717) is 13.2 Å². The van der Waals surface area contributed by atoms with E-state index in [9.17, 15) is 0 Å². The van der Waals surface area contributed by atoms with Crippen LogP contribution in [0.5, 0.6) is 0 Å². The Morgan fingerprint density at radius 1 is 0.882 bits per heavy atom. The summed E-state index contributed by atoms with van der Waals surface area (Å²) in [5.41, 5.74) is 0. The van der Waals surface area contributed by atoms with Crippen LogP contribution in [0, 0.1) is 0 Å². The van der Waals surface area contributed by atoms with Crippen molar-refractivity contribution in [3.05, 3.63) is 0 Å². The summed E-state index contributed by atoms with van der Waals surface area (Å²) in [4.78, 5) is 0. The second-order valence-electron chi connectivity index (χ2n) is 2.76. The first-order valence-corrected chi connectivity index (χ1v) is 6.40. The van der Waals surface area contributed by atoms with Crippen LogP contribution in [0.25, 0.3) is 0 Å². The average Bonchev–Trinajstić information content (AvgIpc) is 2.24. The Morgan fingerprint density at radius 3 is 1.82 bits per heavy atom. The number of hydrogen-bond donors (Lipinski definition) is 0. The lowest BCUT2D eigenvalue weighted by Crippen LogP contribution is -2.15. The van der Waals surface area contributed by atoms with Crippen molar-refractivity contribution in [2.75, 3.05) is 46.9 Å². The minimum Gasteiger partial charge on any atom is -0.382 e. The highest BCUT2D eigenvalue weighted by Gasteiger charge is 2.19.